The number of fused-ring (bicyclic) bond motifs is 1. The van der Waals surface area contributed by atoms with Crippen LogP contribution in [-0.2, 0) is 4.74 Å². The SMILES string of the molecule is CC(OC(N)=O)C(=O)c1cnc2ccccc2c1. The predicted octanol–water partition coefficient (Wildman–Crippen LogP) is 1.90. The van der Waals surface area contributed by atoms with Crippen molar-refractivity contribution in [1.29, 1.82) is 0 Å². The third-order valence-corrected chi connectivity index (χ3v) is 2.54. The van der Waals surface area contributed by atoms with Crippen LogP contribution in [0.25, 0.3) is 10.9 Å². The molecule has 2 rings (SSSR count). The van der Waals surface area contributed by atoms with Crippen LogP contribution in [0.15, 0.2) is 36.5 Å². The van der Waals surface area contributed by atoms with Gasteiger partial charge in [0.05, 0.1) is 5.52 Å². The van der Waals surface area contributed by atoms with E-state index in [4.69, 9.17) is 5.73 Å². The molecule has 92 valence electrons. The van der Waals surface area contributed by atoms with Crippen LogP contribution in [-0.4, -0.2) is 23.0 Å². The number of ether oxygens (including phenoxy) is 1. The van der Waals surface area contributed by atoms with E-state index in [2.05, 4.69) is 9.72 Å². The van der Waals surface area contributed by atoms with Crippen LogP contribution in [0.1, 0.15) is 17.3 Å². The summed E-state index contributed by atoms with van der Waals surface area (Å²) in [5.41, 5.74) is 6.07. The average Bonchev–Trinajstić information content (AvgIpc) is 2.36. The quantitative estimate of drug-likeness (QED) is 0.836. The van der Waals surface area contributed by atoms with E-state index < -0.39 is 12.2 Å². The van der Waals surface area contributed by atoms with Crippen LogP contribution in [0.3, 0.4) is 0 Å². The van der Waals surface area contributed by atoms with E-state index in [1.165, 1.54) is 13.1 Å². The molecule has 1 unspecified atom stereocenters. The number of benzene rings is 1. The van der Waals surface area contributed by atoms with Crippen LogP contribution in [0.5, 0.6) is 0 Å². The smallest absolute Gasteiger partial charge is 0.405 e. The summed E-state index contributed by atoms with van der Waals surface area (Å²) in [5, 5.41) is 0.856. The lowest BCUT2D eigenvalue weighted by Gasteiger charge is -2.10. The molecule has 0 radical (unpaired) electrons. The van der Waals surface area contributed by atoms with Crippen LogP contribution in [0.2, 0.25) is 0 Å². The lowest BCUT2D eigenvalue weighted by molar-refractivity contribution is 0.0695. The molecule has 0 spiro atoms. The molecule has 2 N–H and O–H groups in total. The number of primary amides is 1. The minimum Gasteiger partial charge on any atom is -0.438 e. The number of ketones is 1. The molecular formula is C13H12N2O3. The second-order valence-corrected chi connectivity index (χ2v) is 3.86. The Balaban J connectivity index is 2.30. The molecule has 1 atom stereocenters. The lowest BCUT2D eigenvalue weighted by atomic mass is 10.1. The Morgan fingerprint density at radius 2 is 2.06 bits per heavy atom. The van der Waals surface area contributed by atoms with Crippen molar-refractivity contribution in [3.8, 4) is 0 Å². The zero-order valence-electron chi connectivity index (χ0n) is 9.79. The van der Waals surface area contributed by atoms with Gasteiger partial charge >= 0.3 is 6.09 Å². The minimum atomic E-state index is -0.968. The number of aromatic nitrogens is 1. The van der Waals surface area contributed by atoms with Gasteiger partial charge in [0.25, 0.3) is 0 Å². The van der Waals surface area contributed by atoms with Crippen molar-refractivity contribution < 1.29 is 14.3 Å². The van der Waals surface area contributed by atoms with Crippen molar-refractivity contribution in [2.24, 2.45) is 5.73 Å². The molecule has 1 heterocycles. The number of pyridine rings is 1. The molecule has 18 heavy (non-hydrogen) atoms. The summed E-state index contributed by atoms with van der Waals surface area (Å²) < 4.78 is 4.64. The summed E-state index contributed by atoms with van der Waals surface area (Å²) in [5.74, 6) is -0.327. The highest BCUT2D eigenvalue weighted by Crippen LogP contribution is 2.14. The minimum absolute atomic E-state index is 0.327. The Morgan fingerprint density at radius 1 is 1.33 bits per heavy atom. The van der Waals surface area contributed by atoms with Gasteiger partial charge in [-0.1, -0.05) is 18.2 Å². The Kier molecular flexibility index (Phi) is 3.23. The van der Waals surface area contributed by atoms with Crippen molar-refractivity contribution in [2.75, 3.05) is 0 Å². The molecule has 1 amide bonds. The highest BCUT2D eigenvalue weighted by molar-refractivity contribution is 6.02. The number of carbonyl (C=O) groups excluding carboxylic acids is 2. The normalized spacial score (nSPS) is 12.1. The van der Waals surface area contributed by atoms with Gasteiger partial charge in [0.2, 0.25) is 5.78 Å². The second kappa shape index (κ2) is 4.83. The molecule has 5 nitrogen and oxygen atoms in total. The Morgan fingerprint density at radius 3 is 2.78 bits per heavy atom. The monoisotopic (exact) mass is 244 g/mol. The predicted molar refractivity (Wildman–Crippen MR) is 66.2 cm³/mol. The van der Waals surface area contributed by atoms with Gasteiger partial charge in [0.15, 0.2) is 6.10 Å². The van der Waals surface area contributed by atoms with Gasteiger partial charge in [0, 0.05) is 17.1 Å². The number of hydrogen-bond acceptors (Lipinski definition) is 4. The van der Waals surface area contributed by atoms with Gasteiger partial charge in [-0.2, -0.15) is 0 Å². The van der Waals surface area contributed by atoms with Gasteiger partial charge < -0.3 is 10.5 Å². The van der Waals surface area contributed by atoms with E-state index in [0.29, 0.717) is 5.56 Å². The Bertz CT molecular complexity index is 610. The summed E-state index contributed by atoms with van der Waals surface area (Å²) in [7, 11) is 0. The highest BCUT2D eigenvalue weighted by atomic mass is 16.6. The van der Waals surface area contributed by atoms with E-state index in [-0.39, 0.29) is 5.78 Å². The van der Waals surface area contributed by atoms with Crippen molar-refractivity contribution in [3.05, 3.63) is 42.1 Å². The van der Waals surface area contributed by atoms with E-state index in [1.807, 2.05) is 24.3 Å². The van der Waals surface area contributed by atoms with Gasteiger partial charge in [-0.3, -0.25) is 9.78 Å². The molecule has 0 aliphatic heterocycles. The number of rotatable bonds is 3. The van der Waals surface area contributed by atoms with Gasteiger partial charge in [-0.25, -0.2) is 4.79 Å². The first-order valence-corrected chi connectivity index (χ1v) is 5.43. The van der Waals surface area contributed by atoms with Crippen molar-refractivity contribution in [2.45, 2.75) is 13.0 Å². The maximum atomic E-state index is 12.0. The Labute approximate surface area is 104 Å². The molecule has 0 saturated carbocycles. The molecule has 0 bridgehead atoms. The molecule has 1 aromatic heterocycles. The van der Waals surface area contributed by atoms with Crippen molar-refractivity contribution in [1.82, 2.24) is 4.98 Å². The summed E-state index contributed by atoms with van der Waals surface area (Å²) >= 11 is 0. The second-order valence-electron chi connectivity index (χ2n) is 3.86. The van der Waals surface area contributed by atoms with Gasteiger partial charge in [-0.05, 0) is 19.1 Å². The first kappa shape index (κ1) is 12.0. The highest BCUT2D eigenvalue weighted by Gasteiger charge is 2.18. The fraction of sp³-hybridized carbons (Fsp3) is 0.154. The largest absolute Gasteiger partial charge is 0.438 e. The third-order valence-electron chi connectivity index (χ3n) is 2.54. The zero-order chi connectivity index (χ0) is 13.1. The number of Topliss-reactive ketones (excluding diaryl/α,β-unsaturated/α-hetero) is 1. The first-order chi connectivity index (χ1) is 8.58. The summed E-state index contributed by atoms with van der Waals surface area (Å²) in [6, 6.07) is 9.16. The number of hydrogen-bond donors (Lipinski definition) is 1. The zero-order valence-corrected chi connectivity index (χ0v) is 9.79. The molecule has 0 saturated heterocycles. The first-order valence-electron chi connectivity index (χ1n) is 5.43. The topological polar surface area (TPSA) is 82.3 Å². The van der Waals surface area contributed by atoms with Crippen LogP contribution < -0.4 is 5.73 Å². The van der Waals surface area contributed by atoms with E-state index in [1.54, 1.807) is 6.07 Å². The molecule has 1 aromatic carbocycles. The number of para-hydroxylation sites is 1. The maximum absolute atomic E-state index is 12.0. The van der Waals surface area contributed by atoms with E-state index in [9.17, 15) is 9.59 Å². The van der Waals surface area contributed by atoms with Crippen molar-refractivity contribution >= 4 is 22.8 Å². The summed E-state index contributed by atoms with van der Waals surface area (Å²) in [6.45, 7) is 1.47. The molecule has 0 aliphatic rings. The molecule has 0 aliphatic carbocycles. The molecule has 2 aromatic rings. The van der Waals surface area contributed by atoms with E-state index >= 15 is 0 Å². The number of nitrogens with two attached hydrogens (primary N) is 1. The molecule has 0 fully saturated rings. The third kappa shape index (κ3) is 2.45. The summed E-state index contributed by atoms with van der Waals surface area (Å²) in [6.07, 6.45) is -0.416. The maximum Gasteiger partial charge on any atom is 0.405 e. The molecule has 5 heteroatoms. The van der Waals surface area contributed by atoms with Gasteiger partial charge in [-0.15, -0.1) is 0 Å². The van der Waals surface area contributed by atoms with Crippen LogP contribution in [0.4, 0.5) is 4.79 Å². The van der Waals surface area contributed by atoms with E-state index in [0.717, 1.165) is 10.9 Å². The van der Waals surface area contributed by atoms with Crippen LogP contribution in [0, 0.1) is 0 Å². The summed E-state index contributed by atoms with van der Waals surface area (Å²) in [4.78, 5) is 26.7. The van der Waals surface area contributed by atoms with Gasteiger partial charge in [0.1, 0.15) is 0 Å². The van der Waals surface area contributed by atoms with Crippen LogP contribution >= 0.6 is 0 Å². The average molecular weight is 244 g/mol. The number of carbonyl (C=O) groups is 2. The fourth-order valence-corrected chi connectivity index (χ4v) is 1.67. The number of nitrogens with zero attached hydrogens (tertiary/aromatic N) is 1. The standard InChI is InChI=1S/C13H12N2O3/c1-8(18-13(14)17)12(16)10-6-9-4-2-3-5-11(9)15-7-10/h2-8H,1H3,(H2,14,17). The molecular weight excluding hydrogens is 232 g/mol. The van der Waals surface area contributed by atoms with Crippen molar-refractivity contribution in [3.63, 3.8) is 0 Å². The Hall–Kier alpha value is -2.43. The lowest BCUT2D eigenvalue weighted by Crippen LogP contribution is -2.27. The number of amides is 1. The fourth-order valence-electron chi connectivity index (χ4n) is 1.67.